The summed E-state index contributed by atoms with van der Waals surface area (Å²) in [5.74, 6) is 0.355. The maximum atomic E-state index is 12.0. The number of likely N-dealkylation sites (tertiary alicyclic amines) is 1. The van der Waals surface area contributed by atoms with Gasteiger partial charge in [-0.25, -0.2) is 0 Å². The topological polar surface area (TPSA) is 83.0 Å². The number of guanidine groups is 1. The summed E-state index contributed by atoms with van der Waals surface area (Å²) >= 11 is 0. The van der Waals surface area contributed by atoms with E-state index >= 15 is 0 Å². The van der Waals surface area contributed by atoms with E-state index in [0.717, 1.165) is 6.42 Å². The normalized spacial score (nSPS) is 20.0. The van der Waals surface area contributed by atoms with E-state index in [0.29, 0.717) is 25.6 Å². The second kappa shape index (κ2) is 9.79. The van der Waals surface area contributed by atoms with Crippen LogP contribution in [-0.2, 0) is 20.7 Å². The van der Waals surface area contributed by atoms with Gasteiger partial charge < -0.3 is 20.3 Å². The van der Waals surface area contributed by atoms with Crippen LogP contribution in [0.25, 0.3) is 0 Å². The SMILES string of the molecule is CN=C(NCC(=O)NCCc1ccccc1)N1CC(C)C(C(=O)OC)C1. The summed E-state index contributed by atoms with van der Waals surface area (Å²) in [5.41, 5.74) is 1.19. The predicted molar refractivity (Wildman–Crippen MR) is 101 cm³/mol. The summed E-state index contributed by atoms with van der Waals surface area (Å²) in [5, 5.41) is 5.97. The molecule has 1 aromatic rings. The largest absolute Gasteiger partial charge is 0.469 e. The van der Waals surface area contributed by atoms with Gasteiger partial charge in [0.15, 0.2) is 5.96 Å². The molecule has 1 aromatic carbocycles. The summed E-state index contributed by atoms with van der Waals surface area (Å²) in [6, 6.07) is 10.0. The molecule has 0 aromatic heterocycles. The van der Waals surface area contributed by atoms with Crippen LogP contribution in [0.2, 0.25) is 0 Å². The molecule has 7 nitrogen and oxygen atoms in total. The second-order valence-corrected chi connectivity index (χ2v) is 6.50. The molecule has 1 aliphatic rings. The van der Waals surface area contributed by atoms with E-state index in [1.807, 2.05) is 42.2 Å². The van der Waals surface area contributed by atoms with Gasteiger partial charge in [-0.3, -0.25) is 14.6 Å². The van der Waals surface area contributed by atoms with Crippen molar-refractivity contribution in [3.8, 4) is 0 Å². The molecule has 0 spiro atoms. The highest BCUT2D eigenvalue weighted by Gasteiger charge is 2.36. The monoisotopic (exact) mass is 360 g/mol. The minimum Gasteiger partial charge on any atom is -0.469 e. The van der Waals surface area contributed by atoms with Crippen molar-refractivity contribution in [1.82, 2.24) is 15.5 Å². The third kappa shape index (κ3) is 5.47. The van der Waals surface area contributed by atoms with Crippen molar-refractivity contribution in [1.29, 1.82) is 0 Å². The lowest BCUT2D eigenvalue weighted by atomic mass is 9.99. The lowest BCUT2D eigenvalue weighted by molar-refractivity contribution is -0.146. The molecule has 0 saturated carbocycles. The third-order valence-corrected chi connectivity index (χ3v) is 4.61. The Hall–Kier alpha value is -2.57. The van der Waals surface area contributed by atoms with Crippen LogP contribution >= 0.6 is 0 Å². The highest BCUT2D eigenvalue weighted by Crippen LogP contribution is 2.23. The minimum absolute atomic E-state index is 0.0844. The molecule has 2 unspecified atom stereocenters. The predicted octanol–water partition coefficient (Wildman–Crippen LogP) is 0.662. The molecule has 1 aliphatic heterocycles. The fourth-order valence-corrected chi connectivity index (χ4v) is 3.14. The molecule has 2 rings (SSSR count). The Kier molecular flexibility index (Phi) is 7.44. The zero-order valence-electron chi connectivity index (χ0n) is 15.7. The highest BCUT2D eigenvalue weighted by molar-refractivity contribution is 5.87. The molecule has 1 amide bonds. The zero-order chi connectivity index (χ0) is 18.9. The molecule has 0 aliphatic carbocycles. The number of ether oxygens (including phenoxy) is 1. The summed E-state index contributed by atoms with van der Waals surface area (Å²) < 4.78 is 4.86. The first-order chi connectivity index (χ1) is 12.5. The van der Waals surface area contributed by atoms with Crippen LogP contribution in [0, 0.1) is 11.8 Å². The smallest absolute Gasteiger partial charge is 0.310 e. The van der Waals surface area contributed by atoms with Crippen molar-refractivity contribution >= 4 is 17.8 Å². The second-order valence-electron chi connectivity index (χ2n) is 6.50. The van der Waals surface area contributed by atoms with Gasteiger partial charge in [0.05, 0.1) is 19.6 Å². The molecule has 0 bridgehead atoms. The van der Waals surface area contributed by atoms with Crippen molar-refractivity contribution in [3.05, 3.63) is 35.9 Å². The minimum atomic E-state index is -0.200. The molecular weight excluding hydrogens is 332 g/mol. The first-order valence-electron chi connectivity index (χ1n) is 8.89. The number of rotatable bonds is 6. The summed E-state index contributed by atoms with van der Waals surface area (Å²) in [6.07, 6.45) is 0.797. The van der Waals surface area contributed by atoms with Gasteiger partial charge >= 0.3 is 5.97 Å². The van der Waals surface area contributed by atoms with E-state index in [-0.39, 0.29) is 30.3 Å². The van der Waals surface area contributed by atoms with E-state index < -0.39 is 0 Å². The number of esters is 1. The average Bonchev–Trinajstić information content (AvgIpc) is 3.04. The molecular formula is C19H28N4O3. The first kappa shape index (κ1) is 19.8. The van der Waals surface area contributed by atoms with E-state index in [2.05, 4.69) is 15.6 Å². The quantitative estimate of drug-likeness (QED) is 0.442. The van der Waals surface area contributed by atoms with Crippen LogP contribution in [0.15, 0.2) is 35.3 Å². The van der Waals surface area contributed by atoms with E-state index in [1.54, 1.807) is 7.05 Å². The summed E-state index contributed by atoms with van der Waals surface area (Å²) in [7, 11) is 3.08. The molecule has 2 N–H and O–H groups in total. The Morgan fingerprint density at radius 3 is 2.62 bits per heavy atom. The Morgan fingerprint density at radius 2 is 1.96 bits per heavy atom. The van der Waals surface area contributed by atoms with Crippen molar-refractivity contribution in [3.63, 3.8) is 0 Å². The molecule has 0 radical (unpaired) electrons. The van der Waals surface area contributed by atoms with E-state index in [1.165, 1.54) is 12.7 Å². The first-order valence-corrected chi connectivity index (χ1v) is 8.89. The lowest BCUT2D eigenvalue weighted by Crippen LogP contribution is -2.45. The summed E-state index contributed by atoms with van der Waals surface area (Å²) in [4.78, 5) is 30.1. The number of aliphatic imine (C=N–C) groups is 1. The number of carbonyl (C=O) groups excluding carboxylic acids is 2. The number of hydrogen-bond donors (Lipinski definition) is 2. The van der Waals surface area contributed by atoms with Crippen LogP contribution in [-0.4, -0.2) is 63.1 Å². The Labute approximate surface area is 154 Å². The lowest BCUT2D eigenvalue weighted by Gasteiger charge is -2.21. The summed E-state index contributed by atoms with van der Waals surface area (Å²) in [6.45, 7) is 4.01. The molecule has 1 heterocycles. The van der Waals surface area contributed by atoms with Gasteiger partial charge in [0.25, 0.3) is 0 Å². The van der Waals surface area contributed by atoms with Crippen molar-refractivity contribution in [2.24, 2.45) is 16.8 Å². The zero-order valence-corrected chi connectivity index (χ0v) is 15.7. The molecule has 1 saturated heterocycles. The maximum Gasteiger partial charge on any atom is 0.310 e. The molecule has 1 fully saturated rings. The molecule has 2 atom stereocenters. The van der Waals surface area contributed by atoms with Crippen LogP contribution in [0.4, 0.5) is 0 Å². The van der Waals surface area contributed by atoms with E-state index in [4.69, 9.17) is 4.74 Å². The van der Waals surface area contributed by atoms with Crippen LogP contribution < -0.4 is 10.6 Å². The third-order valence-electron chi connectivity index (χ3n) is 4.61. The van der Waals surface area contributed by atoms with E-state index in [9.17, 15) is 9.59 Å². The van der Waals surface area contributed by atoms with Gasteiger partial charge in [0.1, 0.15) is 0 Å². The van der Waals surface area contributed by atoms with Crippen molar-refractivity contribution in [2.75, 3.05) is 40.3 Å². The van der Waals surface area contributed by atoms with Gasteiger partial charge in [-0.05, 0) is 17.9 Å². The fraction of sp³-hybridized carbons (Fsp3) is 0.526. The van der Waals surface area contributed by atoms with Crippen LogP contribution in [0.5, 0.6) is 0 Å². The standard InChI is InChI=1S/C19H28N4O3/c1-14-12-23(13-16(14)18(25)26-3)19(20-2)22-11-17(24)21-10-9-15-7-5-4-6-8-15/h4-8,14,16H,9-13H2,1-3H3,(H,20,22)(H,21,24). The average molecular weight is 360 g/mol. The number of benzene rings is 1. The van der Waals surface area contributed by atoms with Crippen LogP contribution in [0.1, 0.15) is 12.5 Å². The van der Waals surface area contributed by atoms with Gasteiger partial charge in [0, 0.05) is 26.7 Å². The number of hydrogen-bond acceptors (Lipinski definition) is 4. The Morgan fingerprint density at radius 1 is 1.23 bits per heavy atom. The van der Waals surface area contributed by atoms with Gasteiger partial charge in [-0.1, -0.05) is 37.3 Å². The number of nitrogens with one attached hydrogen (secondary N) is 2. The van der Waals surface area contributed by atoms with Gasteiger partial charge in [-0.2, -0.15) is 0 Å². The molecule has 7 heteroatoms. The van der Waals surface area contributed by atoms with Gasteiger partial charge in [0.2, 0.25) is 5.91 Å². The number of amides is 1. The molecule has 142 valence electrons. The number of carbonyl (C=O) groups is 2. The maximum absolute atomic E-state index is 12.0. The number of methoxy groups -OCH3 is 1. The Bertz CT molecular complexity index is 633. The van der Waals surface area contributed by atoms with Crippen LogP contribution in [0.3, 0.4) is 0 Å². The van der Waals surface area contributed by atoms with Crippen molar-refractivity contribution in [2.45, 2.75) is 13.3 Å². The van der Waals surface area contributed by atoms with Crippen molar-refractivity contribution < 1.29 is 14.3 Å². The fourth-order valence-electron chi connectivity index (χ4n) is 3.14. The number of nitrogens with zero attached hydrogens (tertiary/aromatic N) is 2. The molecule has 26 heavy (non-hydrogen) atoms. The van der Waals surface area contributed by atoms with Gasteiger partial charge in [-0.15, -0.1) is 0 Å². The highest BCUT2D eigenvalue weighted by atomic mass is 16.5. The Balaban J connectivity index is 1.74.